The van der Waals surface area contributed by atoms with Gasteiger partial charge in [-0.3, -0.25) is 0 Å². The van der Waals surface area contributed by atoms with E-state index >= 15 is 0 Å². The Morgan fingerprint density at radius 2 is 1.44 bits per heavy atom. The standard InChI is InChI=1S/C13H7Cl3F2/c14-9-2-1-3-10(15)12(9)7-4-5-8(13(17)18)11(16)6-7/h1-6,13H. The molecule has 0 aliphatic heterocycles. The van der Waals surface area contributed by atoms with E-state index in [9.17, 15) is 8.78 Å². The molecule has 0 spiro atoms. The first kappa shape index (κ1) is 13.6. The molecule has 0 unspecified atom stereocenters. The van der Waals surface area contributed by atoms with Crippen LogP contribution < -0.4 is 0 Å². The lowest BCUT2D eigenvalue weighted by Crippen LogP contribution is -1.88. The van der Waals surface area contributed by atoms with Gasteiger partial charge in [-0.1, -0.05) is 53.0 Å². The zero-order valence-electron chi connectivity index (χ0n) is 8.93. The molecule has 0 bridgehead atoms. The maximum atomic E-state index is 12.6. The zero-order chi connectivity index (χ0) is 13.3. The van der Waals surface area contributed by atoms with Gasteiger partial charge in [0.05, 0.1) is 5.02 Å². The fourth-order valence-electron chi connectivity index (χ4n) is 1.63. The normalized spacial score (nSPS) is 11.0. The van der Waals surface area contributed by atoms with Crippen LogP contribution in [0.2, 0.25) is 15.1 Å². The van der Waals surface area contributed by atoms with Crippen molar-refractivity contribution in [3.05, 3.63) is 57.0 Å². The Kier molecular flexibility index (Phi) is 4.10. The Morgan fingerprint density at radius 1 is 0.833 bits per heavy atom. The molecule has 0 aromatic heterocycles. The van der Waals surface area contributed by atoms with E-state index in [-0.39, 0.29) is 10.6 Å². The quantitative estimate of drug-likeness (QED) is 0.615. The van der Waals surface area contributed by atoms with Crippen LogP contribution in [0.4, 0.5) is 8.78 Å². The van der Waals surface area contributed by atoms with Gasteiger partial charge in [0.2, 0.25) is 0 Å². The fraction of sp³-hybridized carbons (Fsp3) is 0.0769. The van der Waals surface area contributed by atoms with E-state index in [0.717, 1.165) is 0 Å². The third kappa shape index (κ3) is 2.61. The Hall–Kier alpha value is -0.830. The molecular weight excluding hydrogens is 300 g/mol. The summed E-state index contributed by atoms with van der Waals surface area (Å²) < 4.78 is 25.2. The van der Waals surface area contributed by atoms with Crippen molar-refractivity contribution in [2.24, 2.45) is 0 Å². The lowest BCUT2D eigenvalue weighted by molar-refractivity contribution is 0.151. The average Bonchev–Trinajstić information content (AvgIpc) is 2.28. The highest BCUT2D eigenvalue weighted by atomic mass is 35.5. The summed E-state index contributed by atoms with van der Waals surface area (Å²) in [5, 5.41) is 0.894. The predicted molar refractivity (Wildman–Crippen MR) is 71.9 cm³/mol. The van der Waals surface area contributed by atoms with Crippen molar-refractivity contribution >= 4 is 34.8 Å². The predicted octanol–water partition coefficient (Wildman–Crippen LogP) is 6.25. The van der Waals surface area contributed by atoms with Crippen LogP contribution >= 0.6 is 34.8 Å². The number of alkyl halides is 2. The van der Waals surface area contributed by atoms with Crippen LogP contribution in [0.15, 0.2) is 36.4 Å². The molecule has 5 heteroatoms. The van der Waals surface area contributed by atoms with Crippen LogP contribution in [-0.4, -0.2) is 0 Å². The smallest absolute Gasteiger partial charge is 0.205 e. The van der Waals surface area contributed by atoms with Gasteiger partial charge in [-0.25, -0.2) is 8.78 Å². The second-order valence-electron chi connectivity index (χ2n) is 3.63. The van der Waals surface area contributed by atoms with Gasteiger partial charge in [-0.15, -0.1) is 0 Å². The van der Waals surface area contributed by atoms with Crippen LogP contribution in [0.1, 0.15) is 12.0 Å². The van der Waals surface area contributed by atoms with E-state index in [4.69, 9.17) is 34.8 Å². The third-order valence-electron chi connectivity index (χ3n) is 2.49. The lowest BCUT2D eigenvalue weighted by atomic mass is 10.0. The van der Waals surface area contributed by atoms with Gasteiger partial charge in [-0.2, -0.15) is 0 Å². The van der Waals surface area contributed by atoms with Gasteiger partial charge in [0.25, 0.3) is 6.43 Å². The summed E-state index contributed by atoms with van der Waals surface area (Å²) >= 11 is 17.9. The molecule has 0 radical (unpaired) electrons. The van der Waals surface area contributed by atoms with Crippen molar-refractivity contribution in [1.82, 2.24) is 0 Å². The summed E-state index contributed by atoms with van der Waals surface area (Å²) in [5.74, 6) is 0. The van der Waals surface area contributed by atoms with Crippen molar-refractivity contribution in [1.29, 1.82) is 0 Å². The van der Waals surface area contributed by atoms with Gasteiger partial charge in [0.1, 0.15) is 0 Å². The van der Waals surface area contributed by atoms with E-state index in [1.165, 1.54) is 18.2 Å². The molecule has 0 aliphatic carbocycles. The molecule has 0 aliphatic rings. The van der Waals surface area contributed by atoms with Crippen molar-refractivity contribution < 1.29 is 8.78 Å². The molecular formula is C13H7Cl3F2. The Balaban J connectivity index is 2.56. The van der Waals surface area contributed by atoms with Gasteiger partial charge >= 0.3 is 0 Å². The minimum Gasteiger partial charge on any atom is -0.205 e. The van der Waals surface area contributed by atoms with E-state index in [0.29, 0.717) is 21.2 Å². The van der Waals surface area contributed by atoms with Crippen molar-refractivity contribution in [3.63, 3.8) is 0 Å². The number of rotatable bonds is 2. The monoisotopic (exact) mass is 306 g/mol. The minimum absolute atomic E-state index is 0.00140. The van der Waals surface area contributed by atoms with E-state index in [1.807, 2.05) is 0 Å². The van der Waals surface area contributed by atoms with Crippen LogP contribution in [-0.2, 0) is 0 Å². The highest BCUT2D eigenvalue weighted by Crippen LogP contribution is 2.37. The first-order chi connectivity index (χ1) is 8.50. The molecule has 0 fully saturated rings. The lowest BCUT2D eigenvalue weighted by Gasteiger charge is -2.09. The summed E-state index contributed by atoms with van der Waals surface area (Å²) in [6.07, 6.45) is -2.60. The Bertz CT molecular complexity index is 562. The maximum absolute atomic E-state index is 12.6. The molecule has 0 saturated heterocycles. The molecule has 0 nitrogen and oxygen atoms in total. The number of hydrogen-bond donors (Lipinski definition) is 0. The highest BCUT2D eigenvalue weighted by Gasteiger charge is 2.14. The largest absolute Gasteiger partial charge is 0.265 e. The molecule has 0 saturated carbocycles. The second-order valence-corrected chi connectivity index (χ2v) is 4.86. The van der Waals surface area contributed by atoms with Crippen LogP contribution in [0.25, 0.3) is 11.1 Å². The summed E-state index contributed by atoms with van der Waals surface area (Å²) in [4.78, 5) is 0. The van der Waals surface area contributed by atoms with Gasteiger partial charge in [0, 0.05) is 21.2 Å². The molecule has 94 valence electrons. The Morgan fingerprint density at radius 3 is 1.94 bits per heavy atom. The summed E-state index contributed by atoms with van der Waals surface area (Å²) in [6, 6.07) is 9.32. The van der Waals surface area contributed by atoms with Gasteiger partial charge in [0.15, 0.2) is 0 Å². The zero-order valence-corrected chi connectivity index (χ0v) is 11.2. The molecule has 0 atom stereocenters. The first-order valence-corrected chi connectivity index (χ1v) is 6.16. The molecule has 2 rings (SSSR count). The Labute approximate surface area is 118 Å². The van der Waals surface area contributed by atoms with E-state index in [2.05, 4.69) is 0 Å². The third-order valence-corrected chi connectivity index (χ3v) is 3.44. The molecule has 18 heavy (non-hydrogen) atoms. The van der Waals surface area contributed by atoms with Gasteiger partial charge in [-0.05, 0) is 23.8 Å². The molecule has 0 N–H and O–H groups in total. The summed E-state index contributed by atoms with van der Waals surface area (Å²) in [6.45, 7) is 0. The van der Waals surface area contributed by atoms with Crippen molar-refractivity contribution in [2.75, 3.05) is 0 Å². The van der Waals surface area contributed by atoms with Gasteiger partial charge < -0.3 is 0 Å². The van der Waals surface area contributed by atoms with Crippen molar-refractivity contribution in [2.45, 2.75) is 6.43 Å². The van der Waals surface area contributed by atoms with Crippen molar-refractivity contribution in [3.8, 4) is 11.1 Å². The topological polar surface area (TPSA) is 0 Å². The second kappa shape index (κ2) is 5.43. The molecule has 0 heterocycles. The van der Waals surface area contributed by atoms with E-state index < -0.39 is 6.43 Å². The molecule has 2 aromatic carbocycles. The molecule has 0 amide bonds. The SMILES string of the molecule is FC(F)c1ccc(-c2c(Cl)cccc2Cl)cc1Cl. The summed E-state index contributed by atoms with van der Waals surface area (Å²) in [5.41, 5.74) is 0.993. The molecule has 2 aromatic rings. The maximum Gasteiger partial charge on any atom is 0.265 e. The first-order valence-electron chi connectivity index (χ1n) is 5.02. The average molecular weight is 308 g/mol. The fourth-order valence-corrected chi connectivity index (χ4v) is 2.51. The number of benzene rings is 2. The van der Waals surface area contributed by atoms with E-state index in [1.54, 1.807) is 18.2 Å². The highest BCUT2D eigenvalue weighted by molar-refractivity contribution is 6.39. The number of hydrogen-bond acceptors (Lipinski definition) is 0. The van der Waals surface area contributed by atoms with Crippen LogP contribution in [0, 0.1) is 0 Å². The number of halogens is 5. The van der Waals surface area contributed by atoms with Crippen LogP contribution in [0.3, 0.4) is 0 Å². The minimum atomic E-state index is -2.60. The summed E-state index contributed by atoms with van der Waals surface area (Å²) in [7, 11) is 0. The van der Waals surface area contributed by atoms with Crippen LogP contribution in [0.5, 0.6) is 0 Å².